The van der Waals surface area contributed by atoms with E-state index in [1.165, 1.54) is 17.7 Å². The number of imide groups is 1. The Morgan fingerprint density at radius 2 is 1.60 bits per heavy atom. The minimum absolute atomic E-state index is 0.0622. The van der Waals surface area contributed by atoms with Crippen molar-refractivity contribution < 1.29 is 28.0 Å². The second kappa shape index (κ2) is 20.1. The third-order valence-corrected chi connectivity index (χ3v) is 16.6. The van der Waals surface area contributed by atoms with Gasteiger partial charge in [-0.2, -0.15) is 0 Å². The molecule has 4 aromatic rings. The molecule has 0 radical (unpaired) electrons. The number of hydrogen-bond acceptors (Lipinski definition) is 10. The molecular formula is C56H67F2N9O5. The quantitative estimate of drug-likeness (QED) is 0.160. The van der Waals surface area contributed by atoms with Crippen molar-refractivity contribution in [1.29, 1.82) is 0 Å². The average molecular weight is 984 g/mol. The van der Waals surface area contributed by atoms with Crippen LogP contribution in [0.4, 0.5) is 20.2 Å². The van der Waals surface area contributed by atoms with Crippen LogP contribution in [-0.4, -0.2) is 131 Å². The molecule has 14 nitrogen and oxygen atoms in total. The molecule has 0 spiro atoms. The highest BCUT2D eigenvalue weighted by molar-refractivity contribution is 6.13. The number of aromatic nitrogens is 2. The number of carbonyl (C=O) groups is 4. The highest BCUT2D eigenvalue weighted by atomic mass is 19.1. The molecule has 0 saturated carbocycles. The van der Waals surface area contributed by atoms with Gasteiger partial charge in [0.25, 0.3) is 11.5 Å². The fraction of sp³-hybridized carbons (Fsp3) is 0.500. The normalized spacial score (nSPS) is 23.5. The number of carbonyl (C=O) groups excluding carboxylic acids is 4. The Morgan fingerprint density at radius 3 is 2.29 bits per heavy atom. The van der Waals surface area contributed by atoms with E-state index < -0.39 is 29.0 Å². The van der Waals surface area contributed by atoms with E-state index in [-0.39, 0.29) is 52.7 Å². The van der Waals surface area contributed by atoms with Crippen LogP contribution in [0.15, 0.2) is 71.3 Å². The van der Waals surface area contributed by atoms with Gasteiger partial charge in [0.15, 0.2) is 0 Å². The van der Waals surface area contributed by atoms with Gasteiger partial charge in [-0.25, -0.2) is 8.78 Å². The molecule has 5 aliphatic heterocycles. The number of rotatable bonds is 11. The number of piperazine rings is 1. The second-order valence-corrected chi connectivity index (χ2v) is 21.7. The van der Waals surface area contributed by atoms with E-state index in [0.717, 1.165) is 98.0 Å². The molecule has 4 amide bonds. The van der Waals surface area contributed by atoms with E-state index in [2.05, 4.69) is 56.3 Å². The van der Waals surface area contributed by atoms with Gasteiger partial charge in [-0.05, 0) is 132 Å². The van der Waals surface area contributed by atoms with Crippen molar-refractivity contribution in [3.8, 4) is 5.69 Å². The monoisotopic (exact) mass is 984 g/mol. The summed E-state index contributed by atoms with van der Waals surface area (Å²) < 4.78 is 33.5. The van der Waals surface area contributed by atoms with Gasteiger partial charge in [-0.1, -0.05) is 30.7 Å². The Hall–Kier alpha value is -6.10. The molecular weight excluding hydrogens is 917 g/mol. The van der Waals surface area contributed by atoms with Gasteiger partial charge in [-0.3, -0.25) is 58.4 Å². The number of nitrogens with zero attached hydrogens (tertiary/aromatic N) is 7. The molecule has 2 aromatic carbocycles. The first-order valence-electron chi connectivity index (χ1n) is 25.9. The maximum Gasteiger partial charge on any atom is 0.257 e. The first kappa shape index (κ1) is 49.5. The maximum absolute atomic E-state index is 15.9. The fourth-order valence-electron chi connectivity index (χ4n) is 12.3. The summed E-state index contributed by atoms with van der Waals surface area (Å²) in [6.45, 7) is 15.8. The van der Waals surface area contributed by atoms with Crippen molar-refractivity contribution in [2.24, 2.45) is 11.8 Å². The zero-order valence-electron chi connectivity index (χ0n) is 42.2. The number of fused-ring (bicyclic) bond motifs is 2. The summed E-state index contributed by atoms with van der Waals surface area (Å²) >= 11 is 0. The van der Waals surface area contributed by atoms with Crippen LogP contribution in [0.25, 0.3) is 11.8 Å². The van der Waals surface area contributed by atoms with Gasteiger partial charge >= 0.3 is 0 Å². The summed E-state index contributed by atoms with van der Waals surface area (Å²) in [6, 6.07) is 13.5. The predicted molar refractivity (Wildman–Crippen MR) is 273 cm³/mol. The fourth-order valence-corrected chi connectivity index (χ4v) is 12.3. The van der Waals surface area contributed by atoms with E-state index in [9.17, 15) is 24.0 Å². The summed E-state index contributed by atoms with van der Waals surface area (Å²) in [5, 5.41) is 5.41. The molecule has 16 heteroatoms. The highest BCUT2D eigenvalue weighted by Crippen LogP contribution is 2.44. The predicted octanol–water partition coefficient (Wildman–Crippen LogP) is 6.50. The Kier molecular flexibility index (Phi) is 13.8. The zero-order valence-corrected chi connectivity index (χ0v) is 42.2. The Bertz CT molecular complexity index is 2860. The van der Waals surface area contributed by atoms with Crippen LogP contribution in [0.3, 0.4) is 0 Å². The third-order valence-electron chi connectivity index (χ3n) is 16.6. The molecule has 7 heterocycles. The molecule has 2 N–H and O–H groups in total. The van der Waals surface area contributed by atoms with Crippen molar-refractivity contribution >= 4 is 41.1 Å². The standard InChI is InChI=1S/C56H67F2N9O5/c1-34-24-46-42(47(10-16-60-46)66-21-15-41(59-5)29-51(66)69)26-40(34)33-62-17-13-38(14-18-62)52-44(57)27-39(28-45(52)58)54(71)64-19-11-36(12-20-64)32-65-23-22-63(30-35(65)2)31-37-6-7-48-43(25-37)56(3,4)55(72)67(48)49-8-9-50(68)61-53(49)70/h6-7,10,15-16,21,25-29,34-36,38,49,59H,8-9,11-14,17-20,22-24,30-33H2,1-5H3,(H,61,68,70)/t34-,35-,49?/m0/s1. The lowest BCUT2D eigenvalue weighted by molar-refractivity contribution is -0.136. The number of benzene rings is 2. The first-order valence-corrected chi connectivity index (χ1v) is 25.9. The minimum Gasteiger partial charge on any atom is -0.388 e. The summed E-state index contributed by atoms with van der Waals surface area (Å²) in [5.41, 5.74) is 6.67. The van der Waals surface area contributed by atoms with Gasteiger partial charge in [0.05, 0.1) is 16.8 Å². The molecule has 2 aromatic heterocycles. The summed E-state index contributed by atoms with van der Waals surface area (Å²) in [4.78, 5) is 80.3. The SMILES string of the molecule is CNc1ccn(-c2ccnc3c2C=C(CN2CCC(c4c(F)cc(C(=O)N5CCC(CN6CCN(Cc7ccc8c(c7)C(C)(C)C(=O)N8C7CCC(=O)NC7=O)C[C@@H]6C)CC5)cc4F)CC2)[C@@H](C)C3)c(=O)c1. The number of halogens is 2. The lowest BCUT2D eigenvalue weighted by Gasteiger charge is -2.42. The van der Waals surface area contributed by atoms with Crippen LogP contribution in [0.1, 0.15) is 110 Å². The molecule has 0 bridgehead atoms. The Morgan fingerprint density at radius 1 is 0.847 bits per heavy atom. The van der Waals surface area contributed by atoms with Gasteiger partial charge in [0.2, 0.25) is 17.7 Å². The Labute approximate surface area is 420 Å². The molecule has 6 aliphatic rings. The number of hydrogen-bond donors (Lipinski definition) is 2. The molecule has 4 fully saturated rings. The van der Waals surface area contributed by atoms with E-state index in [1.807, 2.05) is 38.1 Å². The van der Waals surface area contributed by atoms with Crippen molar-refractivity contribution in [3.63, 3.8) is 0 Å². The van der Waals surface area contributed by atoms with Gasteiger partial charge in [0.1, 0.15) is 17.7 Å². The molecule has 10 rings (SSSR count). The number of pyridine rings is 2. The Balaban J connectivity index is 0.695. The van der Waals surface area contributed by atoms with Crippen molar-refractivity contribution in [1.82, 2.24) is 34.5 Å². The molecule has 380 valence electrons. The smallest absolute Gasteiger partial charge is 0.257 e. The number of nitrogens with one attached hydrogen (secondary N) is 2. The largest absolute Gasteiger partial charge is 0.388 e. The van der Waals surface area contributed by atoms with Crippen molar-refractivity contribution in [2.75, 3.05) is 76.2 Å². The first-order chi connectivity index (χ1) is 34.6. The van der Waals surface area contributed by atoms with Crippen LogP contribution in [0, 0.1) is 23.5 Å². The number of piperidine rings is 3. The van der Waals surface area contributed by atoms with Gasteiger partial charge in [-0.15, -0.1) is 0 Å². The second-order valence-electron chi connectivity index (χ2n) is 21.7. The van der Waals surface area contributed by atoms with Gasteiger partial charge in [0, 0.05) is 118 Å². The third kappa shape index (κ3) is 9.65. The van der Waals surface area contributed by atoms with E-state index in [0.29, 0.717) is 57.4 Å². The number of likely N-dealkylation sites (tertiary alicyclic amines) is 2. The zero-order chi connectivity index (χ0) is 50.6. The lowest BCUT2D eigenvalue weighted by atomic mass is 9.84. The van der Waals surface area contributed by atoms with Gasteiger partial charge < -0.3 is 10.2 Å². The van der Waals surface area contributed by atoms with Crippen LogP contribution < -0.4 is 21.1 Å². The molecule has 3 atom stereocenters. The molecule has 72 heavy (non-hydrogen) atoms. The average Bonchev–Trinajstić information content (AvgIpc) is 3.55. The summed E-state index contributed by atoms with van der Waals surface area (Å²) in [6.07, 6.45) is 9.85. The van der Waals surface area contributed by atoms with Crippen LogP contribution in [0.2, 0.25) is 0 Å². The van der Waals surface area contributed by atoms with Crippen LogP contribution >= 0.6 is 0 Å². The minimum atomic E-state index is -0.795. The van der Waals surface area contributed by atoms with E-state index >= 15 is 8.78 Å². The van der Waals surface area contributed by atoms with Crippen molar-refractivity contribution in [3.05, 3.63) is 122 Å². The lowest BCUT2D eigenvalue weighted by Crippen LogP contribution is -2.55. The number of amides is 4. The molecule has 1 aliphatic carbocycles. The van der Waals surface area contributed by atoms with Crippen LogP contribution in [-0.2, 0) is 32.8 Å². The topological polar surface area (TPSA) is 143 Å². The summed E-state index contributed by atoms with van der Waals surface area (Å²) in [5.74, 6) is -2.11. The van der Waals surface area contributed by atoms with E-state index in [1.54, 1.807) is 39.9 Å². The van der Waals surface area contributed by atoms with Crippen LogP contribution in [0.5, 0.6) is 0 Å². The molecule has 4 saturated heterocycles. The molecule has 1 unspecified atom stereocenters. The van der Waals surface area contributed by atoms with Crippen molar-refractivity contribution in [2.45, 2.75) is 103 Å². The highest BCUT2D eigenvalue weighted by Gasteiger charge is 2.49. The summed E-state index contributed by atoms with van der Waals surface area (Å²) in [7, 11) is 1.78. The van der Waals surface area contributed by atoms with E-state index in [4.69, 9.17) is 0 Å². The number of anilines is 2. The maximum atomic E-state index is 15.9.